The second-order valence-electron chi connectivity index (χ2n) is 7.36. The molecule has 0 saturated carbocycles. The maximum absolute atomic E-state index is 12.2. The molecule has 0 aliphatic rings. The lowest BCUT2D eigenvalue weighted by molar-refractivity contribution is -0.117. The molecule has 9 heteroatoms. The van der Waals surface area contributed by atoms with Crippen LogP contribution < -0.4 is 16.0 Å². The average Bonchev–Trinajstić information content (AvgIpc) is 2.76. The summed E-state index contributed by atoms with van der Waals surface area (Å²) in [6.45, 7) is 1.44. The van der Waals surface area contributed by atoms with E-state index >= 15 is 0 Å². The minimum absolute atomic E-state index is 0.300. The van der Waals surface area contributed by atoms with Gasteiger partial charge in [-0.15, -0.1) is 0 Å². The topological polar surface area (TPSA) is 99.3 Å². The fourth-order valence-corrected chi connectivity index (χ4v) is 3.34. The van der Waals surface area contributed by atoms with Crippen molar-refractivity contribution in [3.63, 3.8) is 0 Å². The molecule has 166 valence electrons. The SMILES string of the molecule is CN(C)CCCNC(=O)C=CC(=O)Nc1ccc2ncnc(Nc3cccc(Br)c3)c2c1. The number of fused-ring (bicyclic) bond motifs is 1. The number of amides is 2. The van der Waals surface area contributed by atoms with E-state index in [1.807, 2.05) is 43.3 Å². The molecule has 3 rings (SSSR count). The Morgan fingerprint density at radius 1 is 1.03 bits per heavy atom. The second kappa shape index (κ2) is 11.4. The summed E-state index contributed by atoms with van der Waals surface area (Å²) in [4.78, 5) is 34.8. The summed E-state index contributed by atoms with van der Waals surface area (Å²) in [5, 5.41) is 9.56. The van der Waals surface area contributed by atoms with Gasteiger partial charge < -0.3 is 20.9 Å². The fraction of sp³-hybridized carbons (Fsp3) is 0.217. The van der Waals surface area contributed by atoms with Crippen LogP contribution in [0, 0.1) is 0 Å². The third-order valence-electron chi connectivity index (χ3n) is 4.46. The van der Waals surface area contributed by atoms with Gasteiger partial charge in [-0.1, -0.05) is 22.0 Å². The number of rotatable bonds is 9. The molecule has 1 aromatic heterocycles. The van der Waals surface area contributed by atoms with Crippen molar-refractivity contribution in [3.8, 4) is 0 Å². The van der Waals surface area contributed by atoms with Gasteiger partial charge in [0.1, 0.15) is 12.1 Å². The van der Waals surface area contributed by atoms with Gasteiger partial charge in [-0.05, 0) is 63.5 Å². The Hall–Kier alpha value is -3.30. The van der Waals surface area contributed by atoms with E-state index in [1.54, 1.807) is 18.2 Å². The molecule has 0 fully saturated rings. The Kier molecular flexibility index (Phi) is 8.29. The van der Waals surface area contributed by atoms with Crippen molar-refractivity contribution in [1.29, 1.82) is 0 Å². The molecule has 0 aliphatic heterocycles. The molecule has 0 bridgehead atoms. The largest absolute Gasteiger partial charge is 0.353 e. The van der Waals surface area contributed by atoms with Gasteiger partial charge in [-0.25, -0.2) is 9.97 Å². The first-order valence-electron chi connectivity index (χ1n) is 10.1. The zero-order chi connectivity index (χ0) is 22.9. The van der Waals surface area contributed by atoms with Gasteiger partial charge in [-0.2, -0.15) is 0 Å². The van der Waals surface area contributed by atoms with E-state index in [0.717, 1.165) is 34.0 Å². The van der Waals surface area contributed by atoms with Gasteiger partial charge in [-0.3, -0.25) is 9.59 Å². The Labute approximate surface area is 195 Å². The molecule has 0 atom stereocenters. The van der Waals surface area contributed by atoms with Crippen molar-refractivity contribution in [2.45, 2.75) is 6.42 Å². The Bertz CT molecular complexity index is 1130. The van der Waals surface area contributed by atoms with Crippen LogP contribution in [0.5, 0.6) is 0 Å². The monoisotopic (exact) mass is 496 g/mol. The summed E-state index contributed by atoms with van der Waals surface area (Å²) in [6, 6.07) is 13.1. The first-order valence-corrected chi connectivity index (χ1v) is 10.9. The van der Waals surface area contributed by atoms with Crippen LogP contribution in [0.1, 0.15) is 6.42 Å². The van der Waals surface area contributed by atoms with E-state index in [1.165, 1.54) is 18.5 Å². The van der Waals surface area contributed by atoms with Crippen molar-refractivity contribution < 1.29 is 9.59 Å². The number of carbonyl (C=O) groups excluding carboxylic acids is 2. The molecule has 32 heavy (non-hydrogen) atoms. The summed E-state index contributed by atoms with van der Waals surface area (Å²) >= 11 is 3.45. The minimum Gasteiger partial charge on any atom is -0.353 e. The van der Waals surface area contributed by atoms with Gasteiger partial charge in [0.15, 0.2) is 0 Å². The first kappa shape index (κ1) is 23.4. The van der Waals surface area contributed by atoms with Gasteiger partial charge in [0.05, 0.1) is 5.52 Å². The molecule has 3 aromatic rings. The molecular weight excluding hydrogens is 472 g/mol. The van der Waals surface area contributed by atoms with Crippen LogP contribution in [-0.4, -0.2) is 53.9 Å². The molecule has 0 aliphatic carbocycles. The van der Waals surface area contributed by atoms with Crippen LogP contribution in [0.15, 0.2) is 65.4 Å². The van der Waals surface area contributed by atoms with Crippen molar-refractivity contribution >= 4 is 55.8 Å². The van der Waals surface area contributed by atoms with Crippen LogP contribution in [-0.2, 0) is 9.59 Å². The number of hydrogen-bond donors (Lipinski definition) is 3. The summed E-state index contributed by atoms with van der Waals surface area (Å²) in [7, 11) is 3.95. The lowest BCUT2D eigenvalue weighted by Gasteiger charge is -2.10. The van der Waals surface area contributed by atoms with Crippen molar-refractivity contribution in [2.75, 3.05) is 37.8 Å². The smallest absolute Gasteiger partial charge is 0.248 e. The zero-order valence-electron chi connectivity index (χ0n) is 17.9. The summed E-state index contributed by atoms with van der Waals surface area (Å²) in [6.07, 6.45) is 4.78. The number of nitrogens with zero attached hydrogens (tertiary/aromatic N) is 3. The van der Waals surface area contributed by atoms with E-state index in [9.17, 15) is 9.59 Å². The van der Waals surface area contributed by atoms with Gasteiger partial charge in [0, 0.05) is 39.9 Å². The fourth-order valence-electron chi connectivity index (χ4n) is 2.94. The molecule has 0 saturated heterocycles. The number of carbonyl (C=O) groups is 2. The minimum atomic E-state index is -0.397. The Balaban J connectivity index is 1.64. The van der Waals surface area contributed by atoms with E-state index in [-0.39, 0.29) is 5.91 Å². The number of hydrogen-bond acceptors (Lipinski definition) is 6. The van der Waals surface area contributed by atoms with E-state index in [4.69, 9.17) is 0 Å². The molecule has 1 heterocycles. The number of anilines is 3. The quantitative estimate of drug-likeness (QED) is 0.308. The standard InChI is InChI=1S/C23H25BrN6O2/c1-30(2)12-4-11-25-21(31)9-10-22(32)28-18-7-8-20-19(14-18)23(27-15-26-20)29-17-6-3-5-16(24)13-17/h3,5-10,13-15H,4,11-12H2,1-2H3,(H,25,31)(H,28,32)(H,26,27,29). The van der Waals surface area contributed by atoms with Crippen LogP contribution in [0.25, 0.3) is 10.9 Å². The van der Waals surface area contributed by atoms with Crippen molar-refractivity contribution in [3.05, 3.63) is 65.4 Å². The summed E-state index contributed by atoms with van der Waals surface area (Å²) < 4.78 is 0.947. The zero-order valence-corrected chi connectivity index (χ0v) is 19.5. The second-order valence-corrected chi connectivity index (χ2v) is 8.28. The van der Waals surface area contributed by atoms with Crippen molar-refractivity contribution in [2.24, 2.45) is 0 Å². The molecule has 0 unspecified atom stereocenters. The van der Waals surface area contributed by atoms with Gasteiger partial charge in [0.2, 0.25) is 11.8 Å². The van der Waals surface area contributed by atoms with Crippen LogP contribution in [0.3, 0.4) is 0 Å². The summed E-state index contributed by atoms with van der Waals surface area (Å²) in [5.41, 5.74) is 2.18. The van der Waals surface area contributed by atoms with Gasteiger partial charge >= 0.3 is 0 Å². The maximum Gasteiger partial charge on any atom is 0.248 e. The molecule has 2 aromatic carbocycles. The van der Waals surface area contributed by atoms with Crippen LogP contribution in [0.2, 0.25) is 0 Å². The lowest BCUT2D eigenvalue weighted by Crippen LogP contribution is -2.25. The van der Waals surface area contributed by atoms with Crippen LogP contribution in [0.4, 0.5) is 17.2 Å². The highest BCUT2D eigenvalue weighted by atomic mass is 79.9. The number of benzene rings is 2. The third-order valence-corrected chi connectivity index (χ3v) is 4.95. The van der Waals surface area contributed by atoms with E-state index in [2.05, 4.69) is 41.8 Å². The highest BCUT2D eigenvalue weighted by molar-refractivity contribution is 9.10. The highest BCUT2D eigenvalue weighted by Crippen LogP contribution is 2.26. The predicted octanol–water partition coefficient (Wildman–Crippen LogP) is 3.70. The number of nitrogens with one attached hydrogen (secondary N) is 3. The lowest BCUT2D eigenvalue weighted by atomic mass is 10.2. The van der Waals surface area contributed by atoms with E-state index < -0.39 is 5.91 Å². The predicted molar refractivity (Wildman–Crippen MR) is 131 cm³/mol. The van der Waals surface area contributed by atoms with Crippen LogP contribution >= 0.6 is 15.9 Å². The maximum atomic E-state index is 12.2. The Morgan fingerprint density at radius 2 is 1.84 bits per heavy atom. The first-order chi connectivity index (χ1) is 15.4. The molecule has 8 nitrogen and oxygen atoms in total. The normalized spacial score (nSPS) is 11.1. The molecule has 0 radical (unpaired) electrons. The summed E-state index contributed by atoms with van der Waals surface area (Å²) in [5.74, 6) is -0.0747. The van der Waals surface area contributed by atoms with E-state index in [0.29, 0.717) is 18.1 Å². The molecule has 3 N–H and O–H groups in total. The third kappa shape index (κ3) is 7.14. The molecule has 0 spiro atoms. The highest BCUT2D eigenvalue weighted by Gasteiger charge is 2.07. The van der Waals surface area contributed by atoms with Gasteiger partial charge in [0.25, 0.3) is 0 Å². The number of halogens is 1. The Morgan fingerprint density at radius 3 is 2.62 bits per heavy atom. The molecular formula is C23H25BrN6O2. The molecule has 2 amide bonds. The average molecular weight is 497 g/mol. The number of aromatic nitrogens is 2. The van der Waals surface area contributed by atoms with Crippen molar-refractivity contribution in [1.82, 2.24) is 20.2 Å².